The van der Waals surface area contributed by atoms with Crippen molar-refractivity contribution in [1.29, 1.82) is 0 Å². The Morgan fingerprint density at radius 1 is 1.27 bits per heavy atom. The minimum absolute atomic E-state index is 0.140. The van der Waals surface area contributed by atoms with E-state index in [1.807, 2.05) is 30.3 Å². The largest absolute Gasteiger partial charge is 0.340 e. The topological polar surface area (TPSA) is 18.5 Å². The van der Waals surface area contributed by atoms with Crippen LogP contribution in [0.4, 0.5) is 0 Å². The van der Waals surface area contributed by atoms with Crippen molar-refractivity contribution < 1.29 is 9.05 Å². The van der Waals surface area contributed by atoms with Gasteiger partial charge in [-0.25, -0.2) is 0 Å². The summed E-state index contributed by atoms with van der Waals surface area (Å²) in [7, 11) is 1.77. The second-order valence-corrected chi connectivity index (χ2v) is 2.93. The lowest BCUT2D eigenvalue weighted by atomic mass is 10.2. The third-order valence-corrected chi connectivity index (χ3v) is 1.65. The standard InChI is InChI=1S/C8H11O2P/c1-9-11-10-7-8-5-3-2-4-6-8/h2-6,11H,7H2,1H3. The highest BCUT2D eigenvalue weighted by molar-refractivity contribution is 7.26. The van der Waals surface area contributed by atoms with Gasteiger partial charge < -0.3 is 9.05 Å². The molecule has 0 aliphatic rings. The molecule has 0 aliphatic heterocycles. The first-order valence-electron chi connectivity index (χ1n) is 3.37. The Labute approximate surface area is 68.5 Å². The van der Waals surface area contributed by atoms with Crippen LogP contribution in [0.5, 0.6) is 0 Å². The number of benzene rings is 1. The van der Waals surface area contributed by atoms with Gasteiger partial charge in [0.2, 0.25) is 0 Å². The van der Waals surface area contributed by atoms with Crippen LogP contribution in [0.1, 0.15) is 5.56 Å². The third-order valence-electron chi connectivity index (χ3n) is 1.22. The van der Waals surface area contributed by atoms with Gasteiger partial charge in [-0.05, 0) is 5.56 Å². The SMILES string of the molecule is COPOCc1ccccc1. The molecule has 1 unspecified atom stereocenters. The highest BCUT2D eigenvalue weighted by Crippen LogP contribution is 2.14. The van der Waals surface area contributed by atoms with E-state index in [2.05, 4.69) is 0 Å². The number of hydrogen-bond donors (Lipinski definition) is 0. The normalized spacial score (nSPS) is 11.0. The number of hydrogen-bond acceptors (Lipinski definition) is 2. The van der Waals surface area contributed by atoms with Gasteiger partial charge in [0.1, 0.15) is 0 Å². The van der Waals surface area contributed by atoms with E-state index < -0.39 is 0 Å². The van der Waals surface area contributed by atoms with Crippen LogP contribution in [0.25, 0.3) is 0 Å². The van der Waals surface area contributed by atoms with E-state index >= 15 is 0 Å². The fourth-order valence-electron chi connectivity index (χ4n) is 0.746. The van der Waals surface area contributed by atoms with Gasteiger partial charge in [0.15, 0.2) is 9.03 Å². The third kappa shape index (κ3) is 3.47. The fraction of sp³-hybridized carbons (Fsp3) is 0.250. The average molecular weight is 170 g/mol. The summed E-state index contributed by atoms with van der Waals surface area (Å²) >= 11 is 0. The van der Waals surface area contributed by atoms with Gasteiger partial charge in [0.25, 0.3) is 0 Å². The van der Waals surface area contributed by atoms with Crippen LogP contribution < -0.4 is 0 Å². The van der Waals surface area contributed by atoms with Crippen LogP contribution in [0.15, 0.2) is 30.3 Å². The summed E-state index contributed by atoms with van der Waals surface area (Å²) in [5.74, 6) is 0. The van der Waals surface area contributed by atoms with Crippen molar-refractivity contribution in [3.05, 3.63) is 35.9 Å². The van der Waals surface area contributed by atoms with E-state index in [9.17, 15) is 0 Å². The second kappa shape index (κ2) is 5.25. The summed E-state index contributed by atoms with van der Waals surface area (Å²) in [6.45, 7) is 0.632. The Kier molecular flexibility index (Phi) is 4.14. The molecule has 0 saturated heterocycles. The lowest BCUT2D eigenvalue weighted by molar-refractivity contribution is 0.292. The van der Waals surface area contributed by atoms with Crippen LogP contribution in [-0.4, -0.2) is 7.11 Å². The first kappa shape index (κ1) is 8.66. The van der Waals surface area contributed by atoms with Gasteiger partial charge in [0.05, 0.1) is 6.61 Å². The first-order chi connectivity index (χ1) is 5.43. The Bertz CT molecular complexity index is 189. The molecule has 0 heterocycles. The van der Waals surface area contributed by atoms with E-state index in [1.165, 1.54) is 5.56 Å². The highest BCUT2D eigenvalue weighted by atomic mass is 31.1. The van der Waals surface area contributed by atoms with Crippen molar-refractivity contribution in [2.75, 3.05) is 7.11 Å². The zero-order chi connectivity index (χ0) is 7.94. The Morgan fingerprint density at radius 2 is 2.00 bits per heavy atom. The maximum atomic E-state index is 5.17. The molecule has 60 valence electrons. The molecular weight excluding hydrogens is 159 g/mol. The molecule has 0 bridgehead atoms. The first-order valence-corrected chi connectivity index (χ1v) is 4.19. The Morgan fingerprint density at radius 3 is 2.64 bits per heavy atom. The average Bonchev–Trinajstić information content (AvgIpc) is 2.07. The predicted octanol–water partition coefficient (Wildman–Crippen LogP) is 2.36. The second-order valence-electron chi connectivity index (χ2n) is 2.06. The molecule has 0 aromatic heterocycles. The van der Waals surface area contributed by atoms with Crippen molar-refractivity contribution in [3.8, 4) is 0 Å². The molecule has 2 nitrogen and oxygen atoms in total. The molecule has 0 saturated carbocycles. The van der Waals surface area contributed by atoms with Gasteiger partial charge >= 0.3 is 0 Å². The van der Waals surface area contributed by atoms with Gasteiger partial charge in [-0.15, -0.1) is 0 Å². The molecule has 0 amide bonds. The van der Waals surface area contributed by atoms with Crippen LogP contribution in [-0.2, 0) is 15.7 Å². The molecule has 0 N–H and O–H groups in total. The van der Waals surface area contributed by atoms with Crippen LogP contribution >= 0.6 is 9.03 Å². The highest BCUT2D eigenvalue weighted by Gasteiger charge is 1.89. The number of rotatable bonds is 4. The van der Waals surface area contributed by atoms with E-state index in [-0.39, 0.29) is 9.03 Å². The summed E-state index contributed by atoms with van der Waals surface area (Å²) in [5.41, 5.74) is 1.18. The monoisotopic (exact) mass is 170 g/mol. The molecule has 1 aromatic carbocycles. The van der Waals surface area contributed by atoms with Crippen LogP contribution in [0.3, 0.4) is 0 Å². The smallest absolute Gasteiger partial charge is 0.155 e. The molecule has 0 aliphatic carbocycles. The van der Waals surface area contributed by atoms with E-state index in [1.54, 1.807) is 7.11 Å². The summed E-state index contributed by atoms with van der Waals surface area (Å²) in [6, 6.07) is 10.0. The van der Waals surface area contributed by atoms with Crippen molar-refractivity contribution >= 4 is 9.03 Å². The van der Waals surface area contributed by atoms with Crippen molar-refractivity contribution in [3.63, 3.8) is 0 Å². The summed E-state index contributed by atoms with van der Waals surface area (Å²) in [6.07, 6.45) is 0. The van der Waals surface area contributed by atoms with Crippen molar-refractivity contribution in [2.45, 2.75) is 6.61 Å². The van der Waals surface area contributed by atoms with Gasteiger partial charge in [-0.2, -0.15) is 0 Å². The molecule has 1 rings (SSSR count). The van der Waals surface area contributed by atoms with Crippen molar-refractivity contribution in [1.82, 2.24) is 0 Å². The van der Waals surface area contributed by atoms with Crippen molar-refractivity contribution in [2.24, 2.45) is 0 Å². The zero-order valence-corrected chi connectivity index (χ0v) is 7.41. The van der Waals surface area contributed by atoms with E-state index in [0.29, 0.717) is 6.61 Å². The maximum Gasteiger partial charge on any atom is 0.155 e. The minimum atomic E-state index is 0.140. The molecule has 3 heteroatoms. The van der Waals surface area contributed by atoms with Gasteiger partial charge in [-0.1, -0.05) is 30.3 Å². The maximum absolute atomic E-state index is 5.17. The lowest BCUT2D eigenvalue weighted by Gasteiger charge is -2.00. The summed E-state index contributed by atoms with van der Waals surface area (Å²) in [5, 5.41) is 0. The lowest BCUT2D eigenvalue weighted by Crippen LogP contribution is -1.82. The van der Waals surface area contributed by atoms with E-state index in [4.69, 9.17) is 9.05 Å². The van der Waals surface area contributed by atoms with Crippen LogP contribution in [0, 0.1) is 0 Å². The molecular formula is C8H11O2P. The summed E-state index contributed by atoms with van der Waals surface area (Å²) < 4.78 is 9.94. The Hall–Kier alpha value is -0.430. The molecule has 1 aromatic rings. The summed E-state index contributed by atoms with van der Waals surface area (Å²) in [4.78, 5) is 0. The van der Waals surface area contributed by atoms with Crippen LogP contribution in [0.2, 0.25) is 0 Å². The fourth-order valence-corrected chi connectivity index (χ4v) is 1.09. The minimum Gasteiger partial charge on any atom is -0.340 e. The Balaban J connectivity index is 2.28. The molecule has 0 spiro atoms. The molecule has 1 atom stereocenters. The molecule has 0 fully saturated rings. The molecule has 11 heavy (non-hydrogen) atoms. The quantitative estimate of drug-likeness (QED) is 0.510. The predicted molar refractivity (Wildman–Crippen MR) is 46.6 cm³/mol. The van der Waals surface area contributed by atoms with E-state index in [0.717, 1.165) is 0 Å². The van der Waals surface area contributed by atoms with Gasteiger partial charge in [0, 0.05) is 7.11 Å². The zero-order valence-electron chi connectivity index (χ0n) is 6.41. The molecule has 0 radical (unpaired) electrons. The van der Waals surface area contributed by atoms with Gasteiger partial charge in [-0.3, -0.25) is 0 Å².